The van der Waals surface area contributed by atoms with Crippen molar-refractivity contribution in [1.82, 2.24) is 39.9 Å². The summed E-state index contributed by atoms with van der Waals surface area (Å²) in [6, 6.07) is 147. The SMILES string of the molecule is c1ccc(-c2cccc(-c3nc(-c4ccc(-c5ccc(-c6ccc(-c7nc(-c8cccc(-c9cccc(-c%10cccc(-c%11cccc(-c%12nc(-c%13ccc(-c%14ccc(-c%15nc(-c%16cccc(-c%17ccccc%17)c%16)c%16oc%17ccccc%17c%16n%15)cc%14)cc%13)nc%13c%12oc%12ccccc%12%13)c%11)c%10)c9)c8)c8oc9ccccc9c8n7)cc6)cc5)cc4)nc4c3oc3ccccc34)c2)cc1. The summed E-state index contributed by atoms with van der Waals surface area (Å²) >= 11 is 0. The minimum absolute atomic E-state index is 0.591. The van der Waals surface area contributed by atoms with Gasteiger partial charge >= 0.3 is 0 Å². The normalized spacial score (nSPS) is 11.7. The van der Waals surface area contributed by atoms with Gasteiger partial charge in [0.05, 0.1) is 0 Å². The second-order valence-electron chi connectivity index (χ2n) is 32.8. The standard InChI is InChI=1S/C118H70N8O4/c1-3-21-71(22-4-1)83-25-17-33-91(67-83)103-111-107(95-37-7-11-41-99(95)127-111)123-115(119-103)79-57-49-75(50-58-79)73-45-47-74(48-46-73)76-51-59-80(60-52-76)117-121-105(113-109(125-117)97-39-9-13-43-101(97)129-113)93-35-19-31-89(69-93)87-29-15-27-85(65-87)86-28-16-30-88(66-86)90-32-20-36-94(70-90)106-114-110(98-40-10-14-44-102(98)130-114)126-118(122-106)82-63-55-78(56-64-82)77-53-61-81(62-54-77)116-120-104(112-108(124-116)96-38-8-12-42-100(96)128-112)92-34-18-26-84(68-92)72-23-5-2-6-24-72/h1-70H. The number of fused-ring (bicyclic) bond motifs is 12. The molecule has 0 aliphatic heterocycles. The summed E-state index contributed by atoms with van der Waals surface area (Å²) in [4.78, 5) is 42.1. The Kier molecular flexibility index (Phi) is 18.0. The summed E-state index contributed by atoms with van der Waals surface area (Å²) in [5, 5.41) is 3.74. The van der Waals surface area contributed by atoms with Crippen LogP contribution in [0.5, 0.6) is 0 Å². The Bertz CT molecular complexity index is 8770. The van der Waals surface area contributed by atoms with Crippen LogP contribution in [0.15, 0.2) is 442 Å². The Morgan fingerprint density at radius 3 is 0.508 bits per heavy atom. The average molecular weight is 1660 g/mol. The van der Waals surface area contributed by atoms with Crippen LogP contribution in [-0.2, 0) is 0 Å². The number of nitrogens with zero attached hydrogens (tertiary/aromatic N) is 8. The van der Waals surface area contributed by atoms with Gasteiger partial charge in [-0.05, 0) is 174 Å². The van der Waals surface area contributed by atoms with E-state index in [-0.39, 0.29) is 0 Å². The molecule has 0 amide bonds. The molecule has 12 nitrogen and oxygen atoms in total. The Balaban J connectivity index is 0.474. The van der Waals surface area contributed by atoms with Gasteiger partial charge in [-0.15, -0.1) is 0 Å². The molecule has 0 N–H and O–H groups in total. The molecule has 0 saturated heterocycles. The van der Waals surface area contributed by atoms with E-state index in [4.69, 9.17) is 57.5 Å². The first-order valence-electron chi connectivity index (χ1n) is 43.4. The van der Waals surface area contributed by atoms with E-state index in [0.29, 0.717) is 57.0 Å². The summed E-state index contributed by atoms with van der Waals surface area (Å²) in [6.07, 6.45) is 0. The predicted molar refractivity (Wildman–Crippen MR) is 525 cm³/mol. The van der Waals surface area contributed by atoms with Crippen LogP contribution in [0, 0.1) is 0 Å². The number of aromatic nitrogens is 8. The lowest BCUT2D eigenvalue weighted by atomic mass is 9.94. The monoisotopic (exact) mass is 1660 g/mol. The predicted octanol–water partition coefficient (Wildman–Crippen LogP) is 31.1. The molecule has 0 atom stereocenters. The van der Waals surface area contributed by atoms with Crippen molar-refractivity contribution in [2.45, 2.75) is 0 Å². The molecular formula is C118H70N8O4. The molecular weight excluding hydrogens is 1590 g/mol. The van der Waals surface area contributed by atoms with Crippen LogP contribution in [0.4, 0.5) is 0 Å². The molecule has 0 bridgehead atoms. The third kappa shape index (κ3) is 13.5. The van der Waals surface area contributed by atoms with Crippen LogP contribution in [0.25, 0.3) is 268 Å². The molecule has 0 aliphatic rings. The van der Waals surface area contributed by atoms with Crippen molar-refractivity contribution in [1.29, 1.82) is 0 Å². The highest BCUT2D eigenvalue weighted by Crippen LogP contribution is 2.45. The van der Waals surface area contributed by atoms with Gasteiger partial charge in [0, 0.05) is 66.1 Å². The molecule has 8 aromatic heterocycles. The van der Waals surface area contributed by atoms with E-state index in [2.05, 4.69) is 340 Å². The van der Waals surface area contributed by atoms with Crippen molar-refractivity contribution >= 4 is 88.3 Å². The Hall–Kier alpha value is -17.7. The molecule has 25 rings (SSSR count). The van der Waals surface area contributed by atoms with Crippen molar-refractivity contribution in [3.8, 4) is 180 Å². The number of hydrogen-bond acceptors (Lipinski definition) is 12. The zero-order chi connectivity index (χ0) is 85.7. The summed E-state index contributed by atoms with van der Waals surface area (Å²) in [7, 11) is 0. The zero-order valence-corrected chi connectivity index (χ0v) is 69.6. The number of benzene rings is 17. The highest BCUT2D eigenvalue weighted by Gasteiger charge is 2.26. The van der Waals surface area contributed by atoms with Crippen LogP contribution < -0.4 is 0 Å². The minimum Gasteiger partial charge on any atom is -0.452 e. The topological polar surface area (TPSA) is 156 Å². The highest BCUT2D eigenvalue weighted by atomic mass is 16.3. The molecule has 0 spiro atoms. The molecule has 12 heteroatoms. The molecule has 8 heterocycles. The molecule has 0 radical (unpaired) electrons. The molecule has 0 aliphatic carbocycles. The molecule has 130 heavy (non-hydrogen) atoms. The van der Waals surface area contributed by atoms with Crippen molar-refractivity contribution in [3.05, 3.63) is 425 Å². The maximum absolute atomic E-state index is 6.70. The second-order valence-corrected chi connectivity index (χ2v) is 32.8. The first kappa shape index (κ1) is 74.8. The van der Waals surface area contributed by atoms with E-state index >= 15 is 0 Å². The van der Waals surface area contributed by atoms with Crippen molar-refractivity contribution < 1.29 is 17.7 Å². The van der Waals surface area contributed by atoms with Gasteiger partial charge in [0.1, 0.15) is 67.2 Å². The Morgan fingerprint density at radius 1 is 0.123 bits per heavy atom. The summed E-state index contributed by atoms with van der Waals surface area (Å²) in [5.41, 5.74) is 36.1. The quantitative estimate of drug-likeness (QED) is 0.0904. The lowest BCUT2D eigenvalue weighted by Crippen LogP contribution is -1.95. The third-order valence-corrected chi connectivity index (χ3v) is 24.8. The lowest BCUT2D eigenvalue weighted by Gasteiger charge is -2.11. The number of furan rings is 4. The Morgan fingerprint density at radius 2 is 0.285 bits per heavy atom. The largest absolute Gasteiger partial charge is 0.452 e. The number of hydrogen-bond donors (Lipinski definition) is 0. The van der Waals surface area contributed by atoms with E-state index in [1.165, 1.54) is 0 Å². The van der Waals surface area contributed by atoms with E-state index in [9.17, 15) is 0 Å². The summed E-state index contributed by atoms with van der Waals surface area (Å²) in [5.74, 6) is 2.44. The number of rotatable bonds is 16. The summed E-state index contributed by atoms with van der Waals surface area (Å²) < 4.78 is 26.4. The maximum atomic E-state index is 6.70. The van der Waals surface area contributed by atoms with E-state index in [0.717, 1.165) is 211 Å². The van der Waals surface area contributed by atoms with Gasteiger partial charge in [0.15, 0.2) is 45.6 Å². The fourth-order valence-corrected chi connectivity index (χ4v) is 18.2. The van der Waals surface area contributed by atoms with Gasteiger partial charge in [-0.25, -0.2) is 39.9 Å². The van der Waals surface area contributed by atoms with Gasteiger partial charge in [-0.1, -0.05) is 340 Å². The average Bonchev–Trinajstić information content (AvgIpc) is 1.60. The highest BCUT2D eigenvalue weighted by molar-refractivity contribution is 6.11. The fraction of sp³-hybridized carbons (Fsp3) is 0. The first-order valence-corrected chi connectivity index (χ1v) is 43.4. The molecule has 606 valence electrons. The van der Waals surface area contributed by atoms with Crippen molar-refractivity contribution in [3.63, 3.8) is 0 Å². The van der Waals surface area contributed by atoms with Gasteiger partial charge in [-0.2, -0.15) is 0 Å². The van der Waals surface area contributed by atoms with Crippen LogP contribution in [0.3, 0.4) is 0 Å². The second kappa shape index (κ2) is 31.2. The smallest absolute Gasteiger partial charge is 0.180 e. The van der Waals surface area contributed by atoms with Gasteiger partial charge in [-0.3, -0.25) is 0 Å². The van der Waals surface area contributed by atoms with Crippen LogP contribution in [0.1, 0.15) is 0 Å². The maximum Gasteiger partial charge on any atom is 0.180 e. The van der Waals surface area contributed by atoms with E-state index in [1.807, 2.05) is 84.9 Å². The van der Waals surface area contributed by atoms with Crippen molar-refractivity contribution in [2.24, 2.45) is 0 Å². The fourth-order valence-electron chi connectivity index (χ4n) is 18.2. The van der Waals surface area contributed by atoms with E-state index < -0.39 is 0 Å². The molecule has 0 unspecified atom stereocenters. The van der Waals surface area contributed by atoms with Crippen molar-refractivity contribution in [2.75, 3.05) is 0 Å². The zero-order valence-electron chi connectivity index (χ0n) is 69.6. The Labute approximate surface area is 745 Å². The first-order chi connectivity index (χ1) is 64.3. The van der Waals surface area contributed by atoms with Gasteiger partial charge in [0.25, 0.3) is 0 Å². The molecule has 0 fully saturated rings. The third-order valence-electron chi connectivity index (χ3n) is 24.8. The number of para-hydroxylation sites is 4. The summed E-state index contributed by atoms with van der Waals surface area (Å²) in [6.45, 7) is 0. The van der Waals surface area contributed by atoms with Crippen LogP contribution >= 0.6 is 0 Å². The molecule has 0 saturated carbocycles. The van der Waals surface area contributed by atoms with Gasteiger partial charge in [0.2, 0.25) is 0 Å². The van der Waals surface area contributed by atoms with Gasteiger partial charge < -0.3 is 17.7 Å². The van der Waals surface area contributed by atoms with Crippen LogP contribution in [0.2, 0.25) is 0 Å². The van der Waals surface area contributed by atoms with E-state index in [1.54, 1.807) is 0 Å². The lowest BCUT2D eigenvalue weighted by molar-refractivity contribution is 0.667. The minimum atomic E-state index is 0.591. The van der Waals surface area contributed by atoms with Crippen LogP contribution in [-0.4, -0.2) is 39.9 Å². The molecule has 17 aromatic carbocycles. The molecule has 25 aromatic rings.